The highest BCUT2D eigenvalue weighted by Gasteiger charge is 2.09. The molecule has 0 aliphatic rings. The molecule has 4 heterocycles. The molecule has 30 heavy (non-hydrogen) atoms. The van der Waals surface area contributed by atoms with E-state index in [0.717, 1.165) is 24.9 Å². The number of nitrogen functional groups attached to an aromatic ring is 1. The van der Waals surface area contributed by atoms with Crippen LogP contribution >= 0.6 is 0 Å². The van der Waals surface area contributed by atoms with Gasteiger partial charge in [-0.15, -0.1) is 10.2 Å². The van der Waals surface area contributed by atoms with Crippen molar-refractivity contribution in [3.05, 3.63) is 48.2 Å². The van der Waals surface area contributed by atoms with Crippen LogP contribution in [0.4, 0.5) is 23.8 Å². The van der Waals surface area contributed by atoms with E-state index in [1.54, 1.807) is 12.5 Å². The highest BCUT2D eigenvalue weighted by atomic mass is 16.3. The van der Waals surface area contributed by atoms with Gasteiger partial charge in [-0.05, 0) is 36.1 Å². The molecule has 0 saturated heterocycles. The van der Waals surface area contributed by atoms with Crippen molar-refractivity contribution >= 4 is 23.8 Å². The van der Waals surface area contributed by atoms with Gasteiger partial charge in [-0.25, -0.2) is 10.2 Å². The van der Waals surface area contributed by atoms with Gasteiger partial charge in [0.15, 0.2) is 0 Å². The molecular weight excluding hydrogens is 386 g/mol. The molecule has 0 fully saturated rings. The second-order valence-electron chi connectivity index (χ2n) is 6.89. The van der Waals surface area contributed by atoms with Crippen LogP contribution in [0.2, 0.25) is 0 Å². The molecule has 12 heteroatoms. The largest absolute Gasteiger partial charge is 0.472 e. The number of anilines is 4. The van der Waals surface area contributed by atoms with Gasteiger partial charge in [-0.1, -0.05) is 0 Å². The molecule has 0 unspecified atom stereocenters. The van der Waals surface area contributed by atoms with E-state index in [1.807, 2.05) is 24.2 Å². The number of aromatic nitrogens is 7. The molecule has 0 radical (unpaired) electrons. The van der Waals surface area contributed by atoms with E-state index >= 15 is 0 Å². The van der Waals surface area contributed by atoms with Crippen LogP contribution < -0.4 is 21.3 Å². The van der Waals surface area contributed by atoms with Crippen molar-refractivity contribution in [2.45, 2.75) is 19.5 Å². The van der Waals surface area contributed by atoms with E-state index in [0.29, 0.717) is 37.0 Å². The van der Waals surface area contributed by atoms with Crippen molar-refractivity contribution in [3.63, 3.8) is 0 Å². The zero-order valence-electron chi connectivity index (χ0n) is 16.7. The van der Waals surface area contributed by atoms with Gasteiger partial charge in [0, 0.05) is 32.5 Å². The Morgan fingerprint density at radius 2 is 1.97 bits per heavy atom. The summed E-state index contributed by atoms with van der Waals surface area (Å²) in [5, 5.41) is 20.1. The summed E-state index contributed by atoms with van der Waals surface area (Å²) < 4.78 is 7.15. The van der Waals surface area contributed by atoms with Crippen molar-refractivity contribution in [2.24, 2.45) is 0 Å². The summed E-state index contributed by atoms with van der Waals surface area (Å²) in [6.45, 7) is 2.09. The van der Waals surface area contributed by atoms with Gasteiger partial charge in [-0.2, -0.15) is 9.97 Å². The molecule has 4 aromatic rings. The molecule has 6 N–H and O–H groups in total. The zero-order chi connectivity index (χ0) is 20.8. The van der Waals surface area contributed by atoms with Crippen LogP contribution in [-0.4, -0.2) is 55.1 Å². The standard InChI is InChI=1S/C18H25N11O/c1-28(18-23-17(26-27-18)21-7-3-14-5-9-30-11-14)12-29-8-4-13(10-29)2-6-20-16-22-15(19)24-25-16/h4-5,8-11H,2-3,6-7,12H2,1H3,(H2,21,23,26,27)(H4,19,20,22,24,25). The monoisotopic (exact) mass is 411 g/mol. The van der Waals surface area contributed by atoms with Gasteiger partial charge in [0.25, 0.3) is 0 Å². The van der Waals surface area contributed by atoms with Gasteiger partial charge >= 0.3 is 0 Å². The first-order chi connectivity index (χ1) is 14.7. The maximum Gasteiger partial charge on any atom is 0.247 e. The quantitative estimate of drug-likeness (QED) is 0.246. The fraction of sp³-hybridized carbons (Fsp3) is 0.333. The average Bonchev–Trinajstić information content (AvgIpc) is 3.51. The Hall–Kier alpha value is -3.96. The van der Waals surface area contributed by atoms with Crippen LogP contribution in [0.3, 0.4) is 0 Å². The lowest BCUT2D eigenvalue weighted by Crippen LogP contribution is -2.21. The number of H-pyrrole nitrogens is 2. The predicted molar refractivity (Wildman–Crippen MR) is 113 cm³/mol. The lowest BCUT2D eigenvalue weighted by Gasteiger charge is -2.15. The third kappa shape index (κ3) is 5.10. The number of nitrogens with two attached hydrogens (primary N) is 1. The second-order valence-corrected chi connectivity index (χ2v) is 6.89. The summed E-state index contributed by atoms with van der Waals surface area (Å²) in [4.78, 5) is 10.5. The molecule has 0 aliphatic heterocycles. The van der Waals surface area contributed by atoms with E-state index in [2.05, 4.69) is 57.8 Å². The number of nitrogens with one attached hydrogen (secondary N) is 4. The molecule has 0 saturated carbocycles. The van der Waals surface area contributed by atoms with E-state index in [-0.39, 0.29) is 0 Å². The van der Waals surface area contributed by atoms with Crippen LogP contribution in [-0.2, 0) is 19.5 Å². The van der Waals surface area contributed by atoms with Crippen molar-refractivity contribution < 1.29 is 4.42 Å². The van der Waals surface area contributed by atoms with Crippen molar-refractivity contribution in [1.29, 1.82) is 0 Å². The summed E-state index contributed by atoms with van der Waals surface area (Å²) >= 11 is 0. The molecule has 0 aliphatic carbocycles. The highest BCUT2D eigenvalue weighted by molar-refractivity contribution is 5.35. The van der Waals surface area contributed by atoms with Gasteiger partial charge in [0.2, 0.25) is 23.8 Å². The first-order valence-corrected chi connectivity index (χ1v) is 9.60. The smallest absolute Gasteiger partial charge is 0.247 e. The Kier molecular flexibility index (Phi) is 5.83. The highest BCUT2D eigenvalue weighted by Crippen LogP contribution is 2.11. The molecule has 0 atom stereocenters. The molecule has 158 valence electrons. The summed E-state index contributed by atoms with van der Waals surface area (Å²) in [6.07, 6.45) is 9.25. The fourth-order valence-corrected chi connectivity index (χ4v) is 2.97. The Balaban J connectivity index is 1.22. The normalized spacial score (nSPS) is 11.0. The van der Waals surface area contributed by atoms with Gasteiger partial charge < -0.3 is 30.3 Å². The SMILES string of the molecule is CN(Cn1ccc(CCNc2n[nH]c(N)n2)c1)c1n[nH]c(NCCc2ccoc2)n1. The molecule has 0 amide bonds. The van der Waals surface area contributed by atoms with Crippen molar-refractivity contribution in [3.8, 4) is 0 Å². The van der Waals surface area contributed by atoms with Crippen LogP contribution in [0.1, 0.15) is 11.1 Å². The first-order valence-electron chi connectivity index (χ1n) is 9.60. The Bertz CT molecular complexity index is 1030. The molecule has 0 spiro atoms. The second kappa shape index (κ2) is 9.03. The maximum absolute atomic E-state index is 5.51. The molecule has 0 aromatic carbocycles. The van der Waals surface area contributed by atoms with E-state index in [9.17, 15) is 0 Å². The number of hydrogen-bond acceptors (Lipinski definition) is 9. The van der Waals surface area contributed by atoms with Crippen LogP contribution in [0, 0.1) is 0 Å². The van der Waals surface area contributed by atoms with Crippen LogP contribution in [0.15, 0.2) is 41.5 Å². The van der Waals surface area contributed by atoms with Crippen LogP contribution in [0.25, 0.3) is 0 Å². The topological polar surface area (TPSA) is 155 Å². The fourth-order valence-electron chi connectivity index (χ4n) is 2.97. The van der Waals surface area contributed by atoms with E-state index in [4.69, 9.17) is 10.2 Å². The Labute approximate surface area is 172 Å². The number of furan rings is 1. The minimum atomic E-state index is 0.301. The third-order valence-electron chi connectivity index (χ3n) is 4.49. The van der Waals surface area contributed by atoms with Crippen LogP contribution in [0.5, 0.6) is 0 Å². The summed E-state index contributed by atoms with van der Waals surface area (Å²) in [6, 6.07) is 4.04. The molecule has 4 rings (SSSR count). The Morgan fingerprint density at radius 1 is 1.10 bits per heavy atom. The maximum atomic E-state index is 5.51. The number of rotatable bonds is 11. The third-order valence-corrected chi connectivity index (χ3v) is 4.49. The molecule has 4 aromatic heterocycles. The van der Waals surface area contributed by atoms with Crippen molar-refractivity contribution in [1.82, 2.24) is 34.9 Å². The lowest BCUT2D eigenvalue weighted by atomic mass is 10.2. The van der Waals surface area contributed by atoms with E-state index in [1.165, 1.54) is 5.56 Å². The Morgan fingerprint density at radius 3 is 2.77 bits per heavy atom. The molecule has 12 nitrogen and oxygen atoms in total. The van der Waals surface area contributed by atoms with Gasteiger partial charge in [-0.3, -0.25) is 0 Å². The van der Waals surface area contributed by atoms with E-state index < -0.39 is 0 Å². The molecule has 0 bridgehead atoms. The lowest BCUT2D eigenvalue weighted by molar-refractivity contribution is 0.564. The number of hydrogen-bond donors (Lipinski definition) is 5. The first kappa shape index (κ1) is 19.4. The minimum Gasteiger partial charge on any atom is -0.472 e. The summed E-state index contributed by atoms with van der Waals surface area (Å²) in [5.41, 5.74) is 7.85. The van der Waals surface area contributed by atoms with Crippen molar-refractivity contribution in [2.75, 3.05) is 41.4 Å². The summed E-state index contributed by atoms with van der Waals surface area (Å²) in [7, 11) is 1.95. The number of nitrogens with zero attached hydrogens (tertiary/aromatic N) is 6. The van der Waals surface area contributed by atoms with Gasteiger partial charge in [0.05, 0.1) is 19.2 Å². The zero-order valence-corrected chi connectivity index (χ0v) is 16.7. The minimum absolute atomic E-state index is 0.301. The predicted octanol–water partition coefficient (Wildman–Crippen LogP) is 1.30. The van der Waals surface area contributed by atoms with Gasteiger partial charge in [0.1, 0.15) is 0 Å². The molecular formula is C18H25N11O. The number of aromatic amines is 2. The average molecular weight is 411 g/mol. The summed E-state index contributed by atoms with van der Waals surface area (Å²) in [5.74, 6) is 2.08.